The molecule has 0 amide bonds. The fourth-order valence-corrected chi connectivity index (χ4v) is 3.61. The summed E-state index contributed by atoms with van der Waals surface area (Å²) in [6, 6.07) is 6.04. The van der Waals surface area contributed by atoms with E-state index in [-0.39, 0.29) is 0 Å². The van der Waals surface area contributed by atoms with Gasteiger partial charge in [0.05, 0.1) is 12.2 Å². The van der Waals surface area contributed by atoms with Gasteiger partial charge in [0.2, 0.25) is 0 Å². The second kappa shape index (κ2) is 5.63. The minimum atomic E-state index is 0.689. The maximum absolute atomic E-state index is 4.29. The first-order chi connectivity index (χ1) is 9.25. The lowest BCUT2D eigenvalue weighted by atomic mass is 10.2. The minimum absolute atomic E-state index is 0.689. The van der Waals surface area contributed by atoms with Crippen molar-refractivity contribution in [1.82, 2.24) is 14.8 Å². The number of para-hydroxylation sites is 1. The van der Waals surface area contributed by atoms with Crippen LogP contribution in [0.25, 0.3) is 0 Å². The summed E-state index contributed by atoms with van der Waals surface area (Å²) in [5.74, 6) is 2.13. The second-order valence-corrected chi connectivity index (χ2v) is 6.30. The van der Waals surface area contributed by atoms with E-state index in [0.717, 1.165) is 39.2 Å². The third-order valence-corrected chi connectivity index (χ3v) is 4.64. The Morgan fingerprint density at radius 1 is 1.16 bits per heavy atom. The molecule has 0 spiro atoms. The molecule has 1 aliphatic rings. The lowest BCUT2D eigenvalue weighted by Crippen LogP contribution is -2.15. The number of hydrogen-bond acceptors (Lipinski definition) is 3. The SMILES string of the molecule is Brc1cccc(Br)c1NCc1nnc2n1CCCC2. The molecule has 4 nitrogen and oxygen atoms in total. The number of hydrogen-bond donors (Lipinski definition) is 1. The van der Waals surface area contributed by atoms with Crippen molar-refractivity contribution in [2.75, 3.05) is 5.32 Å². The van der Waals surface area contributed by atoms with E-state index in [1.165, 1.54) is 12.8 Å². The Hall–Kier alpha value is -0.880. The molecule has 6 heteroatoms. The van der Waals surface area contributed by atoms with Gasteiger partial charge in [0.1, 0.15) is 5.82 Å². The molecule has 2 aromatic rings. The summed E-state index contributed by atoms with van der Waals surface area (Å²) in [4.78, 5) is 0. The van der Waals surface area contributed by atoms with Crippen molar-refractivity contribution in [2.24, 2.45) is 0 Å². The molecule has 0 atom stereocenters. The van der Waals surface area contributed by atoms with E-state index in [2.05, 4.69) is 51.9 Å². The van der Waals surface area contributed by atoms with Gasteiger partial charge in [-0.3, -0.25) is 0 Å². The average molecular weight is 386 g/mol. The van der Waals surface area contributed by atoms with Crippen LogP contribution in [0.2, 0.25) is 0 Å². The van der Waals surface area contributed by atoms with Crippen molar-refractivity contribution in [2.45, 2.75) is 32.4 Å². The van der Waals surface area contributed by atoms with Crippen molar-refractivity contribution in [3.05, 3.63) is 38.8 Å². The zero-order valence-electron chi connectivity index (χ0n) is 10.4. The number of nitrogens with zero attached hydrogens (tertiary/aromatic N) is 3. The molecule has 2 heterocycles. The first-order valence-corrected chi connectivity index (χ1v) is 7.93. The lowest BCUT2D eigenvalue weighted by Gasteiger charge is -2.16. The second-order valence-electron chi connectivity index (χ2n) is 4.59. The molecular weight excluding hydrogens is 372 g/mol. The van der Waals surface area contributed by atoms with Crippen molar-refractivity contribution in [3.8, 4) is 0 Å². The summed E-state index contributed by atoms with van der Waals surface area (Å²) in [7, 11) is 0. The number of benzene rings is 1. The fourth-order valence-electron chi connectivity index (χ4n) is 2.33. The van der Waals surface area contributed by atoms with Crippen molar-refractivity contribution in [1.29, 1.82) is 0 Å². The summed E-state index contributed by atoms with van der Waals surface area (Å²) in [6.45, 7) is 1.73. The van der Waals surface area contributed by atoms with E-state index in [1.807, 2.05) is 18.2 Å². The molecule has 3 rings (SSSR count). The van der Waals surface area contributed by atoms with Crippen LogP contribution in [0.3, 0.4) is 0 Å². The van der Waals surface area contributed by atoms with Crippen LogP contribution in [0.4, 0.5) is 5.69 Å². The van der Waals surface area contributed by atoms with Gasteiger partial charge in [-0.2, -0.15) is 0 Å². The Balaban J connectivity index is 1.78. The number of halogens is 2. The molecule has 19 heavy (non-hydrogen) atoms. The molecule has 1 N–H and O–H groups in total. The van der Waals surface area contributed by atoms with Gasteiger partial charge >= 0.3 is 0 Å². The molecule has 0 fully saturated rings. The van der Waals surface area contributed by atoms with Gasteiger partial charge < -0.3 is 9.88 Å². The molecule has 0 aliphatic carbocycles. The smallest absolute Gasteiger partial charge is 0.152 e. The predicted octanol–water partition coefficient (Wildman–Crippen LogP) is 3.75. The summed E-state index contributed by atoms with van der Waals surface area (Å²) in [5, 5.41) is 12.0. The van der Waals surface area contributed by atoms with Crippen LogP contribution < -0.4 is 5.32 Å². The van der Waals surface area contributed by atoms with Crippen LogP contribution >= 0.6 is 31.9 Å². The predicted molar refractivity (Wildman–Crippen MR) is 82.1 cm³/mol. The van der Waals surface area contributed by atoms with Crippen molar-refractivity contribution >= 4 is 37.5 Å². The van der Waals surface area contributed by atoms with E-state index in [9.17, 15) is 0 Å². The Morgan fingerprint density at radius 3 is 2.74 bits per heavy atom. The van der Waals surface area contributed by atoms with Gasteiger partial charge in [-0.1, -0.05) is 6.07 Å². The quantitative estimate of drug-likeness (QED) is 0.874. The molecule has 0 bridgehead atoms. The maximum atomic E-state index is 4.29. The zero-order valence-corrected chi connectivity index (χ0v) is 13.5. The van der Waals surface area contributed by atoms with Gasteiger partial charge in [-0.15, -0.1) is 10.2 Å². The highest BCUT2D eigenvalue weighted by molar-refractivity contribution is 9.11. The summed E-state index contributed by atoms with van der Waals surface area (Å²) in [6.07, 6.45) is 3.49. The molecule has 0 radical (unpaired) electrons. The highest BCUT2D eigenvalue weighted by atomic mass is 79.9. The Kier molecular flexibility index (Phi) is 3.88. The highest BCUT2D eigenvalue weighted by Gasteiger charge is 2.15. The number of aromatic nitrogens is 3. The molecule has 0 saturated carbocycles. The summed E-state index contributed by atoms with van der Waals surface area (Å²) in [5.41, 5.74) is 1.05. The minimum Gasteiger partial charge on any atom is -0.376 e. The number of aryl methyl sites for hydroxylation is 1. The third-order valence-electron chi connectivity index (χ3n) is 3.32. The van der Waals surface area contributed by atoms with E-state index in [4.69, 9.17) is 0 Å². The van der Waals surface area contributed by atoms with E-state index in [1.54, 1.807) is 0 Å². The Labute approximate surface area is 128 Å². The molecule has 1 aromatic heterocycles. The standard InChI is InChI=1S/C13H14Br2N4/c14-9-4-3-5-10(15)13(9)16-8-12-18-17-11-6-1-2-7-19(11)12/h3-5,16H,1-2,6-8H2. The van der Waals surface area contributed by atoms with Gasteiger partial charge in [0, 0.05) is 21.9 Å². The van der Waals surface area contributed by atoms with E-state index >= 15 is 0 Å². The molecular formula is C13H14Br2N4. The molecule has 100 valence electrons. The maximum Gasteiger partial charge on any atom is 0.152 e. The topological polar surface area (TPSA) is 42.7 Å². The molecule has 0 saturated heterocycles. The Morgan fingerprint density at radius 2 is 1.95 bits per heavy atom. The number of fused-ring (bicyclic) bond motifs is 1. The molecule has 0 unspecified atom stereocenters. The highest BCUT2D eigenvalue weighted by Crippen LogP contribution is 2.30. The molecule has 1 aliphatic heterocycles. The number of rotatable bonds is 3. The van der Waals surface area contributed by atoms with E-state index < -0.39 is 0 Å². The lowest BCUT2D eigenvalue weighted by molar-refractivity contribution is 0.510. The zero-order chi connectivity index (χ0) is 13.2. The van der Waals surface area contributed by atoms with Crippen LogP contribution in [-0.4, -0.2) is 14.8 Å². The average Bonchev–Trinajstić information content (AvgIpc) is 2.82. The Bertz CT molecular complexity index is 574. The van der Waals surface area contributed by atoms with Crippen molar-refractivity contribution < 1.29 is 0 Å². The monoisotopic (exact) mass is 384 g/mol. The van der Waals surface area contributed by atoms with Crippen LogP contribution in [0.1, 0.15) is 24.5 Å². The van der Waals surface area contributed by atoms with Gasteiger partial charge in [-0.05, 0) is 56.8 Å². The fraction of sp³-hybridized carbons (Fsp3) is 0.385. The van der Waals surface area contributed by atoms with Gasteiger partial charge in [0.15, 0.2) is 5.82 Å². The van der Waals surface area contributed by atoms with Gasteiger partial charge in [0.25, 0.3) is 0 Å². The van der Waals surface area contributed by atoms with E-state index in [0.29, 0.717) is 6.54 Å². The molecule has 1 aromatic carbocycles. The normalized spacial score (nSPS) is 14.2. The van der Waals surface area contributed by atoms with Crippen LogP contribution in [-0.2, 0) is 19.5 Å². The summed E-state index contributed by atoms with van der Waals surface area (Å²) < 4.78 is 4.32. The van der Waals surface area contributed by atoms with Crippen LogP contribution in [0, 0.1) is 0 Å². The number of nitrogens with one attached hydrogen (secondary N) is 1. The summed E-state index contributed by atoms with van der Waals surface area (Å²) >= 11 is 7.10. The third kappa shape index (κ3) is 2.69. The van der Waals surface area contributed by atoms with Gasteiger partial charge in [-0.25, -0.2) is 0 Å². The number of anilines is 1. The van der Waals surface area contributed by atoms with Crippen LogP contribution in [0.15, 0.2) is 27.1 Å². The first-order valence-electron chi connectivity index (χ1n) is 6.34. The van der Waals surface area contributed by atoms with Crippen LogP contribution in [0.5, 0.6) is 0 Å². The first kappa shape index (κ1) is 13.1. The van der Waals surface area contributed by atoms with Crippen molar-refractivity contribution in [3.63, 3.8) is 0 Å². The largest absolute Gasteiger partial charge is 0.376 e.